The number of nitrogens with one attached hydrogen (secondary N) is 3. The molecule has 0 spiro atoms. The molecule has 0 saturated carbocycles. The van der Waals surface area contributed by atoms with Crippen LogP contribution in [-0.4, -0.2) is 66.4 Å². The first-order valence-electron chi connectivity index (χ1n) is 14.1. The molecular formula is C28H40N12O. The second kappa shape index (κ2) is 14.9. The minimum Gasteiger partial charge on any atom is -0.386 e. The highest BCUT2D eigenvalue weighted by atomic mass is 16.1. The standard InChI is InChI=1S/C28H40N12O/c1-32-33-17-25-24(19-41)27(36-28(35-25)40-14-9-20(6-11-29)10-15-40)34-23-4-2-22(3-5-23)18-39-12-7-21(8-13-39)16-26(30)37-38-31/h2-5,17,19-21,32,38H,6-10,12-16,18,31H2,1H3,(H2,30,37)(H,34,35,36)/b33-17-. The summed E-state index contributed by atoms with van der Waals surface area (Å²) in [6.45, 7) is 4.39. The lowest BCUT2D eigenvalue weighted by atomic mass is 9.93. The van der Waals surface area contributed by atoms with Gasteiger partial charge < -0.3 is 21.4 Å². The van der Waals surface area contributed by atoms with Crippen LogP contribution in [0.4, 0.5) is 17.5 Å². The average Bonchev–Trinajstić information content (AvgIpc) is 2.98. The van der Waals surface area contributed by atoms with Crippen LogP contribution in [0.1, 0.15) is 60.1 Å². The normalized spacial score (nSPS) is 17.4. The molecule has 0 amide bonds. The fraction of sp³-hybridized carbons (Fsp3) is 0.500. The molecule has 0 aliphatic carbocycles. The number of likely N-dealkylation sites (tertiary alicyclic amines) is 1. The van der Waals surface area contributed by atoms with E-state index >= 15 is 0 Å². The predicted octanol–water partition coefficient (Wildman–Crippen LogP) is 2.05. The van der Waals surface area contributed by atoms with Crippen molar-refractivity contribution in [2.75, 3.05) is 43.4 Å². The molecule has 0 bridgehead atoms. The largest absolute Gasteiger partial charge is 0.386 e. The van der Waals surface area contributed by atoms with E-state index < -0.39 is 0 Å². The van der Waals surface area contributed by atoms with Crippen LogP contribution in [0.5, 0.6) is 0 Å². The number of hydrogen-bond donors (Lipinski definition) is 5. The van der Waals surface area contributed by atoms with Crippen LogP contribution in [-0.2, 0) is 6.54 Å². The SMILES string of the molecule is CN/N=C\c1nc(N2CCC(CC#N)CC2)nc(Nc2ccc(CN3CCC(C/C(N)=N/NN)CC3)cc2)c1C=O. The summed E-state index contributed by atoms with van der Waals surface area (Å²) in [5.41, 5.74) is 13.7. The number of hydrazone groups is 2. The lowest BCUT2D eigenvalue weighted by molar-refractivity contribution is 0.112. The van der Waals surface area contributed by atoms with Gasteiger partial charge in [0.05, 0.1) is 17.8 Å². The van der Waals surface area contributed by atoms with Gasteiger partial charge in [0.25, 0.3) is 0 Å². The number of carbonyl (C=O) groups excluding carboxylic acids is 1. The molecule has 2 aliphatic heterocycles. The first kappa shape index (κ1) is 29.7. The summed E-state index contributed by atoms with van der Waals surface area (Å²) in [6.07, 6.45) is 7.56. The minimum absolute atomic E-state index is 0.340. The number of rotatable bonds is 12. The number of nitrogens with zero attached hydrogens (tertiary/aromatic N) is 7. The summed E-state index contributed by atoms with van der Waals surface area (Å²) < 4.78 is 0. The number of aromatic nitrogens is 2. The van der Waals surface area contributed by atoms with Gasteiger partial charge in [-0.2, -0.15) is 20.4 Å². The number of nitriles is 1. The van der Waals surface area contributed by atoms with Gasteiger partial charge >= 0.3 is 0 Å². The van der Waals surface area contributed by atoms with Crippen molar-refractivity contribution in [3.05, 3.63) is 41.1 Å². The molecule has 13 heteroatoms. The molecule has 218 valence electrons. The number of hydrazine groups is 1. The third-order valence-electron chi connectivity index (χ3n) is 7.71. The Morgan fingerprint density at radius 2 is 1.83 bits per heavy atom. The third-order valence-corrected chi connectivity index (χ3v) is 7.71. The monoisotopic (exact) mass is 560 g/mol. The van der Waals surface area contributed by atoms with Gasteiger partial charge in [-0.15, -0.1) is 0 Å². The molecule has 0 unspecified atom stereocenters. The molecule has 1 aromatic carbocycles. The molecule has 2 fully saturated rings. The van der Waals surface area contributed by atoms with E-state index in [2.05, 4.69) is 59.5 Å². The molecule has 0 atom stereocenters. The van der Waals surface area contributed by atoms with Crippen LogP contribution in [0.25, 0.3) is 0 Å². The topological polar surface area (TPSA) is 186 Å². The zero-order valence-electron chi connectivity index (χ0n) is 23.6. The lowest BCUT2D eigenvalue weighted by Crippen LogP contribution is -2.35. The van der Waals surface area contributed by atoms with Gasteiger partial charge in [0, 0.05) is 45.2 Å². The Balaban J connectivity index is 1.43. The Labute approximate surface area is 241 Å². The van der Waals surface area contributed by atoms with Gasteiger partial charge in [-0.1, -0.05) is 12.1 Å². The van der Waals surface area contributed by atoms with Crippen LogP contribution in [0, 0.1) is 23.2 Å². The van der Waals surface area contributed by atoms with E-state index in [1.54, 1.807) is 7.05 Å². The highest BCUT2D eigenvalue weighted by molar-refractivity contribution is 5.96. The van der Waals surface area contributed by atoms with E-state index in [4.69, 9.17) is 21.8 Å². The molecule has 4 rings (SSSR count). The van der Waals surface area contributed by atoms with Crippen LogP contribution < -0.4 is 32.8 Å². The number of piperidine rings is 2. The van der Waals surface area contributed by atoms with Gasteiger partial charge in [-0.25, -0.2) is 16.4 Å². The zero-order valence-corrected chi connectivity index (χ0v) is 23.6. The highest BCUT2D eigenvalue weighted by Crippen LogP contribution is 2.27. The Hall–Kier alpha value is -4.28. The van der Waals surface area contributed by atoms with Gasteiger partial charge in [0.15, 0.2) is 6.29 Å². The van der Waals surface area contributed by atoms with Crippen molar-refractivity contribution in [1.29, 1.82) is 5.26 Å². The summed E-state index contributed by atoms with van der Waals surface area (Å²) >= 11 is 0. The number of aldehydes is 1. The summed E-state index contributed by atoms with van der Waals surface area (Å²) in [7, 11) is 1.69. The minimum atomic E-state index is 0.340. The smallest absolute Gasteiger partial charge is 0.227 e. The maximum Gasteiger partial charge on any atom is 0.227 e. The van der Waals surface area contributed by atoms with Crippen LogP contribution in [0.15, 0.2) is 34.5 Å². The van der Waals surface area contributed by atoms with Crippen LogP contribution in [0.3, 0.4) is 0 Å². The van der Waals surface area contributed by atoms with E-state index in [0.29, 0.717) is 47.1 Å². The Bertz CT molecular complexity index is 1240. The van der Waals surface area contributed by atoms with E-state index in [-0.39, 0.29) is 0 Å². The number of hydrogen-bond acceptors (Lipinski definition) is 12. The molecule has 2 aliphatic rings. The van der Waals surface area contributed by atoms with E-state index in [0.717, 1.165) is 76.8 Å². The highest BCUT2D eigenvalue weighted by Gasteiger charge is 2.24. The number of carbonyl (C=O) groups is 1. The predicted molar refractivity (Wildman–Crippen MR) is 161 cm³/mol. The average molecular weight is 561 g/mol. The summed E-state index contributed by atoms with van der Waals surface area (Å²) in [5, 5.41) is 20.3. The molecule has 13 nitrogen and oxygen atoms in total. The lowest BCUT2D eigenvalue weighted by Gasteiger charge is -2.32. The molecule has 41 heavy (non-hydrogen) atoms. The first-order valence-corrected chi connectivity index (χ1v) is 14.1. The second-order valence-corrected chi connectivity index (χ2v) is 10.5. The van der Waals surface area contributed by atoms with Crippen molar-refractivity contribution >= 4 is 35.8 Å². The number of benzene rings is 1. The number of anilines is 3. The number of amidine groups is 1. The Morgan fingerprint density at radius 1 is 1.12 bits per heavy atom. The molecule has 0 radical (unpaired) electrons. The second-order valence-electron chi connectivity index (χ2n) is 10.5. The Morgan fingerprint density at radius 3 is 2.46 bits per heavy atom. The number of nitrogens with two attached hydrogens (primary N) is 2. The molecule has 2 saturated heterocycles. The van der Waals surface area contributed by atoms with Gasteiger partial charge in [-0.3, -0.25) is 9.69 Å². The molecule has 3 heterocycles. The van der Waals surface area contributed by atoms with Gasteiger partial charge in [0.2, 0.25) is 5.95 Å². The Kier molecular flexibility index (Phi) is 10.8. The maximum atomic E-state index is 12.1. The molecular weight excluding hydrogens is 520 g/mol. The summed E-state index contributed by atoms with van der Waals surface area (Å²) in [5.74, 6) is 7.65. The van der Waals surface area contributed by atoms with Crippen molar-refractivity contribution in [2.45, 2.75) is 45.1 Å². The van der Waals surface area contributed by atoms with Crippen LogP contribution in [0.2, 0.25) is 0 Å². The van der Waals surface area contributed by atoms with Crippen molar-refractivity contribution in [3.63, 3.8) is 0 Å². The summed E-state index contributed by atoms with van der Waals surface area (Å²) in [6, 6.07) is 10.5. The van der Waals surface area contributed by atoms with Crippen LogP contribution >= 0.6 is 0 Å². The van der Waals surface area contributed by atoms with Crippen molar-refractivity contribution in [1.82, 2.24) is 25.8 Å². The zero-order chi connectivity index (χ0) is 29.0. The maximum absolute atomic E-state index is 12.1. The molecule has 7 N–H and O–H groups in total. The summed E-state index contributed by atoms with van der Waals surface area (Å²) in [4.78, 5) is 26.1. The fourth-order valence-electron chi connectivity index (χ4n) is 5.38. The van der Waals surface area contributed by atoms with E-state index in [1.165, 1.54) is 11.8 Å². The first-order chi connectivity index (χ1) is 20.0. The third kappa shape index (κ3) is 8.36. The fourth-order valence-corrected chi connectivity index (χ4v) is 5.38. The molecule has 2 aromatic rings. The van der Waals surface area contributed by atoms with Crippen molar-refractivity contribution < 1.29 is 4.79 Å². The van der Waals surface area contributed by atoms with Gasteiger partial charge in [0.1, 0.15) is 17.3 Å². The molecule has 1 aromatic heterocycles. The quantitative estimate of drug-likeness (QED) is 0.0841. The van der Waals surface area contributed by atoms with Gasteiger partial charge in [-0.05, 0) is 68.3 Å². The van der Waals surface area contributed by atoms with E-state index in [1.807, 2.05) is 12.1 Å². The van der Waals surface area contributed by atoms with Crippen molar-refractivity contribution in [2.24, 2.45) is 33.6 Å². The van der Waals surface area contributed by atoms with Crippen molar-refractivity contribution in [3.8, 4) is 6.07 Å². The van der Waals surface area contributed by atoms with E-state index in [9.17, 15) is 4.79 Å².